The number of fused-ring (bicyclic) bond motifs is 1. The Morgan fingerprint density at radius 3 is 2.83 bits per heavy atom. The molecule has 1 saturated heterocycles. The summed E-state index contributed by atoms with van der Waals surface area (Å²) in [5, 5.41) is 8.22. The van der Waals surface area contributed by atoms with Gasteiger partial charge in [0.2, 0.25) is 0 Å². The van der Waals surface area contributed by atoms with Crippen molar-refractivity contribution in [2.45, 2.75) is 25.7 Å². The molecule has 1 fully saturated rings. The minimum atomic E-state index is -0.738. The number of rotatable bonds is 3. The van der Waals surface area contributed by atoms with Gasteiger partial charge in [-0.05, 0) is 44.0 Å². The zero-order valence-electron chi connectivity index (χ0n) is 15.8. The molecule has 8 nitrogen and oxygen atoms in total. The van der Waals surface area contributed by atoms with Gasteiger partial charge in [0.15, 0.2) is 18.2 Å². The standard InChI is InChI=1S/C20H20FN3O5/c1-10-5-15(11-3-2-4-22-8-11)29-20(27)17(10)19(26)23-12-6-13(21)18-14(7-12)24-16(25)9-28-18/h5-7,11,22H,2-4,8-9H2,1H3,(H,23,26)(H,24,25). The van der Waals surface area contributed by atoms with E-state index in [1.54, 1.807) is 13.0 Å². The molecule has 2 aliphatic rings. The van der Waals surface area contributed by atoms with Crippen molar-refractivity contribution in [2.24, 2.45) is 0 Å². The van der Waals surface area contributed by atoms with Gasteiger partial charge in [0.25, 0.3) is 11.8 Å². The quantitative estimate of drug-likeness (QED) is 0.727. The van der Waals surface area contributed by atoms with E-state index in [9.17, 15) is 18.8 Å². The van der Waals surface area contributed by atoms with Crippen LogP contribution in [0.25, 0.3) is 0 Å². The molecule has 1 atom stereocenters. The smallest absolute Gasteiger partial charge is 0.349 e. The molecule has 1 aromatic heterocycles. The third-order valence-electron chi connectivity index (χ3n) is 5.02. The summed E-state index contributed by atoms with van der Waals surface area (Å²) in [6.45, 7) is 3.03. The van der Waals surface area contributed by atoms with Crippen molar-refractivity contribution in [1.82, 2.24) is 5.32 Å². The molecule has 3 heterocycles. The molecule has 0 saturated carbocycles. The molecule has 3 N–H and O–H groups in total. The molecule has 0 radical (unpaired) electrons. The molecule has 1 aromatic carbocycles. The van der Waals surface area contributed by atoms with E-state index >= 15 is 0 Å². The number of hydrogen-bond acceptors (Lipinski definition) is 6. The van der Waals surface area contributed by atoms with E-state index in [-0.39, 0.29) is 35.2 Å². The van der Waals surface area contributed by atoms with Crippen LogP contribution in [0, 0.1) is 12.7 Å². The van der Waals surface area contributed by atoms with Gasteiger partial charge in [0.1, 0.15) is 11.3 Å². The van der Waals surface area contributed by atoms with Gasteiger partial charge in [-0.3, -0.25) is 9.59 Å². The fraction of sp³-hybridized carbons (Fsp3) is 0.350. The van der Waals surface area contributed by atoms with E-state index in [1.165, 1.54) is 6.07 Å². The first kappa shape index (κ1) is 19.1. The molecule has 0 aliphatic carbocycles. The summed E-state index contributed by atoms with van der Waals surface area (Å²) in [6, 6.07) is 4.13. The number of hydrogen-bond donors (Lipinski definition) is 3. The Kier molecular flexibility index (Phi) is 5.06. The second-order valence-corrected chi connectivity index (χ2v) is 7.16. The largest absolute Gasteiger partial charge is 0.478 e. The molecule has 2 amide bonds. The minimum Gasteiger partial charge on any atom is -0.478 e. The maximum Gasteiger partial charge on any atom is 0.349 e. The molecule has 2 aromatic rings. The highest BCUT2D eigenvalue weighted by atomic mass is 19.1. The summed E-state index contributed by atoms with van der Waals surface area (Å²) in [6.07, 6.45) is 1.89. The van der Waals surface area contributed by atoms with Gasteiger partial charge in [-0.25, -0.2) is 9.18 Å². The van der Waals surface area contributed by atoms with Gasteiger partial charge in [-0.1, -0.05) is 0 Å². The highest BCUT2D eigenvalue weighted by molar-refractivity contribution is 6.05. The van der Waals surface area contributed by atoms with Gasteiger partial charge < -0.3 is 25.1 Å². The number of anilines is 2. The van der Waals surface area contributed by atoms with Crippen LogP contribution < -0.4 is 26.3 Å². The first-order valence-electron chi connectivity index (χ1n) is 9.35. The number of benzene rings is 1. The summed E-state index contributed by atoms with van der Waals surface area (Å²) in [4.78, 5) is 36.6. The van der Waals surface area contributed by atoms with Gasteiger partial charge in [0.05, 0.1) is 5.69 Å². The molecular weight excluding hydrogens is 381 g/mol. The van der Waals surface area contributed by atoms with Crippen LogP contribution in [-0.2, 0) is 4.79 Å². The van der Waals surface area contributed by atoms with Crippen molar-refractivity contribution >= 4 is 23.2 Å². The van der Waals surface area contributed by atoms with E-state index in [0.29, 0.717) is 11.3 Å². The molecule has 29 heavy (non-hydrogen) atoms. The Bertz CT molecular complexity index is 1040. The Morgan fingerprint density at radius 2 is 2.10 bits per heavy atom. The summed E-state index contributed by atoms with van der Waals surface area (Å²) in [5.41, 5.74) is -0.208. The lowest BCUT2D eigenvalue weighted by molar-refractivity contribution is -0.118. The van der Waals surface area contributed by atoms with Gasteiger partial charge in [-0.2, -0.15) is 0 Å². The second kappa shape index (κ2) is 7.67. The zero-order valence-corrected chi connectivity index (χ0v) is 15.8. The molecule has 0 spiro atoms. The van der Waals surface area contributed by atoms with Crippen LogP contribution in [0.5, 0.6) is 5.75 Å². The van der Waals surface area contributed by atoms with Crippen LogP contribution in [0.2, 0.25) is 0 Å². The summed E-state index contributed by atoms with van der Waals surface area (Å²) < 4.78 is 24.7. The lowest BCUT2D eigenvalue weighted by Crippen LogP contribution is -2.30. The van der Waals surface area contributed by atoms with Gasteiger partial charge in [0, 0.05) is 24.2 Å². The average molecular weight is 401 g/mol. The van der Waals surface area contributed by atoms with Crippen molar-refractivity contribution in [3.05, 3.63) is 51.3 Å². The average Bonchev–Trinajstić information content (AvgIpc) is 2.67. The summed E-state index contributed by atoms with van der Waals surface area (Å²) >= 11 is 0. The highest BCUT2D eigenvalue weighted by Crippen LogP contribution is 2.34. The predicted molar refractivity (Wildman–Crippen MR) is 103 cm³/mol. The number of nitrogens with one attached hydrogen (secondary N) is 3. The molecule has 4 rings (SSSR count). The van der Waals surface area contributed by atoms with Crippen LogP contribution in [0.4, 0.5) is 15.8 Å². The fourth-order valence-electron chi connectivity index (χ4n) is 3.62. The minimum absolute atomic E-state index is 0.0800. The van der Waals surface area contributed by atoms with Gasteiger partial charge in [-0.15, -0.1) is 0 Å². The first-order valence-corrected chi connectivity index (χ1v) is 9.35. The molecule has 2 aliphatic heterocycles. The number of piperidine rings is 1. The van der Waals surface area contributed by atoms with Crippen molar-refractivity contribution in [2.75, 3.05) is 30.3 Å². The Labute approximate surface area is 165 Å². The van der Waals surface area contributed by atoms with E-state index in [4.69, 9.17) is 9.15 Å². The number of halogens is 1. The normalized spacial score (nSPS) is 18.4. The number of amides is 2. The van der Waals surface area contributed by atoms with E-state index in [1.807, 2.05) is 0 Å². The van der Waals surface area contributed by atoms with E-state index in [0.717, 1.165) is 32.0 Å². The molecular formula is C20H20FN3O5. The lowest BCUT2D eigenvalue weighted by Gasteiger charge is -2.22. The van der Waals surface area contributed by atoms with E-state index in [2.05, 4.69) is 16.0 Å². The molecule has 1 unspecified atom stereocenters. The monoisotopic (exact) mass is 401 g/mol. The Morgan fingerprint density at radius 1 is 1.28 bits per heavy atom. The number of carbonyl (C=O) groups is 2. The fourth-order valence-corrected chi connectivity index (χ4v) is 3.62. The van der Waals surface area contributed by atoms with Crippen LogP contribution in [0.1, 0.15) is 40.4 Å². The first-order chi connectivity index (χ1) is 13.9. The zero-order chi connectivity index (χ0) is 20.5. The Balaban J connectivity index is 1.59. The van der Waals surface area contributed by atoms with Crippen molar-refractivity contribution in [3.8, 4) is 5.75 Å². The van der Waals surface area contributed by atoms with E-state index < -0.39 is 23.3 Å². The summed E-state index contributed by atoms with van der Waals surface area (Å²) in [5.74, 6) is -1.33. The van der Waals surface area contributed by atoms with Crippen LogP contribution in [-0.4, -0.2) is 31.5 Å². The number of ether oxygens (including phenoxy) is 1. The van der Waals surface area contributed by atoms with Crippen molar-refractivity contribution < 1.29 is 23.1 Å². The second-order valence-electron chi connectivity index (χ2n) is 7.16. The topological polar surface area (TPSA) is 110 Å². The number of aryl methyl sites for hydroxylation is 1. The molecule has 0 bridgehead atoms. The van der Waals surface area contributed by atoms with Crippen LogP contribution in [0.15, 0.2) is 27.4 Å². The SMILES string of the molecule is Cc1cc(C2CCCNC2)oc(=O)c1C(=O)Nc1cc(F)c2c(c1)NC(=O)CO2. The van der Waals surface area contributed by atoms with Crippen molar-refractivity contribution in [3.63, 3.8) is 0 Å². The predicted octanol–water partition coefficient (Wildman–Crippen LogP) is 2.14. The third kappa shape index (κ3) is 3.86. The molecule has 152 valence electrons. The van der Waals surface area contributed by atoms with Crippen LogP contribution in [0.3, 0.4) is 0 Å². The lowest BCUT2D eigenvalue weighted by atomic mass is 9.95. The third-order valence-corrected chi connectivity index (χ3v) is 5.02. The maximum absolute atomic E-state index is 14.2. The number of carbonyl (C=O) groups excluding carboxylic acids is 2. The van der Waals surface area contributed by atoms with Gasteiger partial charge >= 0.3 is 5.63 Å². The summed E-state index contributed by atoms with van der Waals surface area (Å²) in [7, 11) is 0. The van der Waals surface area contributed by atoms with Crippen molar-refractivity contribution in [1.29, 1.82) is 0 Å². The molecule has 9 heteroatoms. The highest BCUT2D eigenvalue weighted by Gasteiger charge is 2.24. The maximum atomic E-state index is 14.2. The Hall–Kier alpha value is -3.20. The van der Waals surface area contributed by atoms with Crippen LogP contribution >= 0.6 is 0 Å².